The van der Waals surface area contributed by atoms with Crippen molar-refractivity contribution in [1.82, 2.24) is 5.06 Å². The number of ether oxygens (including phenoxy) is 2. The molecule has 3 heterocycles. The second kappa shape index (κ2) is 4.86. The molecule has 1 saturated carbocycles. The van der Waals surface area contributed by atoms with Crippen LogP contribution in [0.25, 0.3) is 0 Å². The summed E-state index contributed by atoms with van der Waals surface area (Å²) in [6.45, 7) is 1.36. The molecule has 6 heteroatoms. The summed E-state index contributed by atoms with van der Waals surface area (Å²) >= 11 is 0. The Morgan fingerprint density at radius 1 is 1.33 bits per heavy atom. The van der Waals surface area contributed by atoms with Crippen LogP contribution in [0.3, 0.4) is 0 Å². The van der Waals surface area contributed by atoms with Crippen LogP contribution >= 0.6 is 0 Å². The second-order valence-corrected chi connectivity index (χ2v) is 7.49. The second-order valence-electron chi connectivity index (χ2n) is 7.49. The van der Waals surface area contributed by atoms with Gasteiger partial charge in [-0.05, 0) is 49.3 Å². The van der Waals surface area contributed by atoms with Crippen molar-refractivity contribution in [1.29, 1.82) is 0 Å². The van der Waals surface area contributed by atoms with E-state index in [2.05, 4.69) is 18.2 Å². The van der Waals surface area contributed by atoms with Crippen LogP contribution in [0.4, 0.5) is 0 Å². The number of hydrogen-bond acceptors (Lipinski definition) is 6. The first-order chi connectivity index (χ1) is 11.6. The molecule has 6 nitrogen and oxygen atoms in total. The van der Waals surface area contributed by atoms with Crippen LogP contribution in [0, 0.1) is 0 Å². The lowest BCUT2D eigenvalue weighted by Gasteiger charge is -2.46. The average Bonchev–Trinajstić information content (AvgIpc) is 3.36. The van der Waals surface area contributed by atoms with Gasteiger partial charge < -0.3 is 15.2 Å². The van der Waals surface area contributed by atoms with Crippen LogP contribution in [0.2, 0.25) is 0 Å². The molecule has 0 aromatic heterocycles. The molecule has 1 saturated heterocycles. The number of hydrogen-bond donors (Lipinski definition) is 1. The van der Waals surface area contributed by atoms with Gasteiger partial charge in [-0.3, -0.25) is 0 Å². The van der Waals surface area contributed by atoms with E-state index in [9.17, 15) is 0 Å². The third kappa shape index (κ3) is 2.13. The van der Waals surface area contributed by atoms with E-state index in [4.69, 9.17) is 25.0 Å². The predicted octanol–water partition coefficient (Wildman–Crippen LogP) is 2.24. The fraction of sp³-hybridized carbons (Fsp3) is 0.611. The number of fused-ring (bicyclic) bond motifs is 2. The normalized spacial score (nSPS) is 35.0. The Balaban J connectivity index is 1.63. The standard InChI is InChI=1S/C18H23N3O3/c1-21-16(19)20-18(24-21)10-17(7-2-8-22-11-17)23-15-6-5-13(9-14(15)18)12-3-4-12/h5-6,9,12H,2-4,7-8,10-11H2,1H3,(H2,19,20). The Labute approximate surface area is 141 Å². The highest BCUT2D eigenvalue weighted by atomic mass is 16.7. The maximum Gasteiger partial charge on any atom is 0.222 e. The molecule has 2 N–H and O–H groups in total. The summed E-state index contributed by atoms with van der Waals surface area (Å²) in [6, 6.07) is 6.46. The number of guanidine groups is 1. The molecule has 0 amide bonds. The van der Waals surface area contributed by atoms with Gasteiger partial charge in [0.05, 0.1) is 12.2 Å². The number of hydroxylamine groups is 2. The summed E-state index contributed by atoms with van der Waals surface area (Å²) in [7, 11) is 1.80. The molecule has 4 aliphatic rings. The molecule has 0 bridgehead atoms. The summed E-state index contributed by atoms with van der Waals surface area (Å²) in [5.74, 6) is 1.93. The minimum atomic E-state index is -0.794. The zero-order chi connectivity index (χ0) is 16.4. The van der Waals surface area contributed by atoms with E-state index in [-0.39, 0.29) is 5.60 Å². The largest absolute Gasteiger partial charge is 0.484 e. The van der Waals surface area contributed by atoms with E-state index in [1.165, 1.54) is 18.4 Å². The molecular formula is C18H23N3O3. The molecule has 2 atom stereocenters. The number of nitrogens with two attached hydrogens (primary N) is 1. The van der Waals surface area contributed by atoms with Gasteiger partial charge in [-0.1, -0.05) is 6.07 Å². The topological polar surface area (TPSA) is 69.3 Å². The smallest absolute Gasteiger partial charge is 0.222 e. The molecule has 3 aliphatic heterocycles. The zero-order valence-corrected chi connectivity index (χ0v) is 14.0. The van der Waals surface area contributed by atoms with Crippen molar-refractivity contribution in [3.05, 3.63) is 29.3 Å². The van der Waals surface area contributed by atoms with Crippen LogP contribution in [0.15, 0.2) is 23.2 Å². The molecule has 1 aromatic rings. The van der Waals surface area contributed by atoms with Gasteiger partial charge in [-0.2, -0.15) is 0 Å². The zero-order valence-electron chi connectivity index (χ0n) is 14.0. The van der Waals surface area contributed by atoms with E-state index in [1.54, 1.807) is 12.1 Å². The Bertz CT molecular complexity index is 709. The van der Waals surface area contributed by atoms with Gasteiger partial charge in [0.15, 0.2) is 0 Å². The molecule has 2 spiro atoms. The summed E-state index contributed by atoms with van der Waals surface area (Å²) < 4.78 is 12.2. The van der Waals surface area contributed by atoms with Crippen LogP contribution in [0.1, 0.15) is 49.1 Å². The highest BCUT2D eigenvalue weighted by Crippen LogP contribution is 2.52. The quantitative estimate of drug-likeness (QED) is 0.856. The summed E-state index contributed by atoms with van der Waals surface area (Å²) in [4.78, 5) is 10.9. The Hall–Kier alpha value is -1.79. The first-order valence-corrected chi connectivity index (χ1v) is 8.79. The van der Waals surface area contributed by atoms with Crippen LogP contribution in [-0.2, 0) is 15.3 Å². The van der Waals surface area contributed by atoms with Gasteiger partial charge in [0, 0.05) is 20.1 Å². The predicted molar refractivity (Wildman–Crippen MR) is 88.6 cm³/mol. The highest BCUT2D eigenvalue weighted by Gasteiger charge is 2.55. The van der Waals surface area contributed by atoms with E-state index in [0.29, 0.717) is 24.9 Å². The number of benzene rings is 1. The highest BCUT2D eigenvalue weighted by molar-refractivity contribution is 5.78. The Morgan fingerprint density at radius 3 is 2.88 bits per heavy atom. The Morgan fingerprint density at radius 2 is 2.21 bits per heavy atom. The minimum absolute atomic E-state index is 0.388. The fourth-order valence-electron chi connectivity index (χ4n) is 4.19. The van der Waals surface area contributed by atoms with Crippen molar-refractivity contribution in [3.8, 4) is 5.75 Å². The maximum atomic E-state index is 6.44. The van der Waals surface area contributed by atoms with Crippen molar-refractivity contribution in [2.24, 2.45) is 10.7 Å². The summed E-state index contributed by atoms with van der Waals surface area (Å²) in [5, 5.41) is 1.57. The lowest BCUT2D eigenvalue weighted by Crippen LogP contribution is -2.53. The monoisotopic (exact) mass is 329 g/mol. The van der Waals surface area contributed by atoms with Gasteiger partial charge in [0.2, 0.25) is 11.7 Å². The lowest BCUT2D eigenvalue weighted by molar-refractivity contribution is -0.216. The molecule has 0 radical (unpaired) electrons. The molecule has 1 aliphatic carbocycles. The van der Waals surface area contributed by atoms with Crippen LogP contribution in [0.5, 0.6) is 5.75 Å². The fourth-order valence-corrected chi connectivity index (χ4v) is 4.19. The van der Waals surface area contributed by atoms with Crippen molar-refractivity contribution in [2.75, 3.05) is 20.3 Å². The minimum Gasteiger partial charge on any atom is -0.484 e. The third-order valence-corrected chi connectivity index (χ3v) is 5.55. The van der Waals surface area contributed by atoms with E-state index < -0.39 is 5.72 Å². The number of nitrogens with zero attached hydrogens (tertiary/aromatic N) is 2. The van der Waals surface area contributed by atoms with E-state index in [1.807, 2.05) is 0 Å². The van der Waals surface area contributed by atoms with Gasteiger partial charge in [0.25, 0.3) is 0 Å². The first-order valence-electron chi connectivity index (χ1n) is 8.79. The molecule has 24 heavy (non-hydrogen) atoms. The Kier molecular flexibility index (Phi) is 2.95. The van der Waals surface area contributed by atoms with E-state index in [0.717, 1.165) is 30.8 Å². The van der Waals surface area contributed by atoms with Gasteiger partial charge in [-0.15, -0.1) is 0 Å². The van der Waals surface area contributed by atoms with Crippen molar-refractivity contribution >= 4 is 5.96 Å². The van der Waals surface area contributed by atoms with E-state index >= 15 is 0 Å². The molecule has 1 aromatic carbocycles. The molecule has 2 fully saturated rings. The summed E-state index contributed by atoms with van der Waals surface area (Å²) in [5.41, 5.74) is 7.21. The molecule has 2 unspecified atom stereocenters. The van der Waals surface area contributed by atoms with Crippen molar-refractivity contribution in [3.63, 3.8) is 0 Å². The van der Waals surface area contributed by atoms with Crippen LogP contribution in [-0.4, -0.2) is 36.9 Å². The third-order valence-electron chi connectivity index (χ3n) is 5.55. The van der Waals surface area contributed by atoms with Gasteiger partial charge in [-0.25, -0.2) is 14.9 Å². The van der Waals surface area contributed by atoms with Gasteiger partial charge in [0.1, 0.15) is 11.4 Å². The average molecular weight is 329 g/mol. The summed E-state index contributed by atoms with van der Waals surface area (Å²) in [6.07, 6.45) is 5.08. The van der Waals surface area contributed by atoms with Gasteiger partial charge >= 0.3 is 0 Å². The number of aliphatic imine (C=N–C) groups is 1. The van der Waals surface area contributed by atoms with Crippen molar-refractivity contribution < 1.29 is 14.3 Å². The first kappa shape index (κ1) is 14.5. The van der Waals surface area contributed by atoms with Crippen molar-refractivity contribution in [2.45, 2.75) is 49.3 Å². The maximum absolute atomic E-state index is 6.44. The van der Waals surface area contributed by atoms with Crippen LogP contribution < -0.4 is 10.5 Å². The molecular weight excluding hydrogens is 306 g/mol. The molecule has 128 valence electrons. The lowest BCUT2D eigenvalue weighted by atomic mass is 9.81. The molecule has 5 rings (SSSR count). The SMILES string of the molecule is CN1OC2(CC3(CCCOC3)Oc3ccc(C4CC4)cc32)N=C1N. The number of rotatable bonds is 1.